The Kier molecular flexibility index (Phi) is 2.33. The highest BCUT2D eigenvalue weighted by Crippen LogP contribution is 2.32. The van der Waals surface area contributed by atoms with Crippen LogP contribution >= 0.6 is 11.6 Å². The second kappa shape index (κ2) is 3.46. The number of ether oxygens (including phenoxy) is 1. The first-order valence-electron chi connectivity index (χ1n) is 4.24. The van der Waals surface area contributed by atoms with Crippen LogP contribution in [-0.4, -0.2) is 6.61 Å². The highest BCUT2D eigenvalue weighted by molar-refractivity contribution is 6.31. The number of hydrogen-bond acceptors (Lipinski definition) is 1. The Balaban J connectivity index is 2.26. The van der Waals surface area contributed by atoms with Crippen molar-refractivity contribution in [2.45, 2.75) is 18.9 Å². The van der Waals surface area contributed by atoms with Crippen molar-refractivity contribution in [3.63, 3.8) is 0 Å². The van der Waals surface area contributed by atoms with Crippen molar-refractivity contribution >= 4 is 11.6 Å². The van der Waals surface area contributed by atoms with E-state index in [9.17, 15) is 0 Å². The molecule has 1 aromatic rings. The second-order valence-corrected chi connectivity index (χ2v) is 3.43. The molecule has 0 spiro atoms. The number of rotatable bonds is 1. The summed E-state index contributed by atoms with van der Waals surface area (Å²) in [6.45, 7) is 0.871. The average Bonchev–Trinajstić information content (AvgIpc) is 2.57. The van der Waals surface area contributed by atoms with Crippen LogP contribution in [0.1, 0.15) is 24.5 Å². The third-order valence-corrected chi connectivity index (χ3v) is 2.53. The molecule has 0 radical (unpaired) electrons. The van der Waals surface area contributed by atoms with E-state index >= 15 is 0 Å². The van der Waals surface area contributed by atoms with E-state index < -0.39 is 0 Å². The molecule has 2 rings (SSSR count). The Labute approximate surface area is 77.3 Å². The summed E-state index contributed by atoms with van der Waals surface area (Å²) in [4.78, 5) is 0. The maximum absolute atomic E-state index is 6.02. The molecule has 2 heteroatoms. The Hall–Kier alpha value is -0.530. The van der Waals surface area contributed by atoms with Gasteiger partial charge in [0.25, 0.3) is 0 Å². The molecule has 1 atom stereocenters. The monoisotopic (exact) mass is 182 g/mol. The van der Waals surface area contributed by atoms with Gasteiger partial charge in [0.1, 0.15) is 0 Å². The summed E-state index contributed by atoms with van der Waals surface area (Å²) in [6, 6.07) is 7.90. The van der Waals surface area contributed by atoms with Crippen molar-refractivity contribution in [1.29, 1.82) is 0 Å². The quantitative estimate of drug-likeness (QED) is 0.648. The van der Waals surface area contributed by atoms with Crippen LogP contribution in [0.3, 0.4) is 0 Å². The molecule has 1 unspecified atom stereocenters. The molecule has 1 aromatic carbocycles. The molecular formula is C10H11ClO. The molecule has 1 nitrogen and oxygen atoms in total. The lowest BCUT2D eigenvalue weighted by Gasteiger charge is -2.10. The van der Waals surface area contributed by atoms with Crippen LogP contribution in [0, 0.1) is 0 Å². The van der Waals surface area contributed by atoms with E-state index in [1.807, 2.05) is 24.3 Å². The van der Waals surface area contributed by atoms with Gasteiger partial charge in [0.05, 0.1) is 6.10 Å². The van der Waals surface area contributed by atoms with Crippen LogP contribution in [0.5, 0.6) is 0 Å². The van der Waals surface area contributed by atoms with E-state index in [0.29, 0.717) is 0 Å². The van der Waals surface area contributed by atoms with Gasteiger partial charge in [-0.1, -0.05) is 29.8 Å². The molecule has 12 heavy (non-hydrogen) atoms. The van der Waals surface area contributed by atoms with E-state index in [4.69, 9.17) is 16.3 Å². The van der Waals surface area contributed by atoms with Crippen molar-refractivity contribution in [2.75, 3.05) is 6.61 Å². The normalized spacial score (nSPS) is 22.9. The molecule has 0 N–H and O–H groups in total. The summed E-state index contributed by atoms with van der Waals surface area (Å²) < 4.78 is 5.54. The molecule has 1 saturated heterocycles. The fourth-order valence-corrected chi connectivity index (χ4v) is 1.82. The SMILES string of the molecule is Clc1ccccc1C1CCCO1. The molecule has 64 valence electrons. The highest BCUT2D eigenvalue weighted by atomic mass is 35.5. The van der Waals surface area contributed by atoms with Crippen LogP contribution in [0.4, 0.5) is 0 Å². The fraction of sp³-hybridized carbons (Fsp3) is 0.400. The summed E-state index contributed by atoms with van der Waals surface area (Å²) in [5.41, 5.74) is 1.14. The van der Waals surface area contributed by atoms with Crippen LogP contribution in [0.15, 0.2) is 24.3 Å². The van der Waals surface area contributed by atoms with Gasteiger partial charge in [-0.25, -0.2) is 0 Å². The Bertz CT molecular complexity index is 266. The largest absolute Gasteiger partial charge is 0.373 e. The molecule has 0 aromatic heterocycles. The molecule has 1 aliphatic rings. The first kappa shape index (κ1) is 8.09. The summed E-state index contributed by atoms with van der Waals surface area (Å²) in [5.74, 6) is 0. The molecule has 0 saturated carbocycles. The third-order valence-electron chi connectivity index (χ3n) is 2.18. The van der Waals surface area contributed by atoms with Crippen LogP contribution in [-0.2, 0) is 4.74 Å². The average molecular weight is 183 g/mol. The van der Waals surface area contributed by atoms with E-state index in [0.717, 1.165) is 30.0 Å². The van der Waals surface area contributed by atoms with Crippen molar-refractivity contribution in [3.8, 4) is 0 Å². The van der Waals surface area contributed by atoms with Gasteiger partial charge >= 0.3 is 0 Å². The molecule has 0 bridgehead atoms. The molecular weight excluding hydrogens is 172 g/mol. The van der Waals surface area contributed by atoms with Crippen LogP contribution < -0.4 is 0 Å². The van der Waals surface area contributed by atoms with Gasteiger partial charge in [0, 0.05) is 11.6 Å². The zero-order chi connectivity index (χ0) is 8.39. The van der Waals surface area contributed by atoms with E-state index in [2.05, 4.69) is 0 Å². The Morgan fingerprint density at radius 1 is 1.33 bits per heavy atom. The standard InChI is InChI=1S/C10H11ClO/c11-9-5-2-1-4-8(9)10-6-3-7-12-10/h1-2,4-5,10H,3,6-7H2. The molecule has 0 aliphatic carbocycles. The van der Waals surface area contributed by atoms with E-state index in [1.165, 1.54) is 0 Å². The lowest BCUT2D eigenvalue weighted by molar-refractivity contribution is 0.112. The molecule has 1 fully saturated rings. The molecule has 0 amide bonds. The predicted octanol–water partition coefficient (Wildman–Crippen LogP) is 3.19. The summed E-state index contributed by atoms with van der Waals surface area (Å²) in [7, 11) is 0. The Morgan fingerprint density at radius 2 is 2.17 bits per heavy atom. The van der Waals surface area contributed by atoms with Crippen molar-refractivity contribution in [1.82, 2.24) is 0 Å². The van der Waals surface area contributed by atoms with E-state index in [-0.39, 0.29) is 6.10 Å². The van der Waals surface area contributed by atoms with Gasteiger partial charge < -0.3 is 4.74 Å². The van der Waals surface area contributed by atoms with Crippen molar-refractivity contribution in [2.24, 2.45) is 0 Å². The number of halogens is 1. The minimum absolute atomic E-state index is 0.235. The van der Waals surface area contributed by atoms with Crippen LogP contribution in [0.25, 0.3) is 0 Å². The zero-order valence-electron chi connectivity index (χ0n) is 6.79. The molecule has 1 aliphatic heterocycles. The predicted molar refractivity (Wildman–Crippen MR) is 49.4 cm³/mol. The molecule has 1 heterocycles. The highest BCUT2D eigenvalue weighted by Gasteiger charge is 2.19. The van der Waals surface area contributed by atoms with Gasteiger partial charge in [-0.2, -0.15) is 0 Å². The number of hydrogen-bond donors (Lipinski definition) is 0. The number of benzene rings is 1. The van der Waals surface area contributed by atoms with Gasteiger partial charge in [-0.3, -0.25) is 0 Å². The Morgan fingerprint density at radius 3 is 2.83 bits per heavy atom. The lowest BCUT2D eigenvalue weighted by Crippen LogP contribution is -1.95. The third kappa shape index (κ3) is 1.47. The minimum Gasteiger partial charge on any atom is -0.373 e. The van der Waals surface area contributed by atoms with Gasteiger partial charge in [0.15, 0.2) is 0 Å². The first-order valence-corrected chi connectivity index (χ1v) is 4.62. The first-order chi connectivity index (χ1) is 5.88. The van der Waals surface area contributed by atoms with Gasteiger partial charge in [-0.05, 0) is 24.5 Å². The van der Waals surface area contributed by atoms with Gasteiger partial charge in [-0.15, -0.1) is 0 Å². The maximum atomic E-state index is 6.02. The maximum Gasteiger partial charge on any atom is 0.0840 e. The smallest absolute Gasteiger partial charge is 0.0840 e. The summed E-state index contributed by atoms with van der Waals surface area (Å²) >= 11 is 6.02. The minimum atomic E-state index is 0.235. The lowest BCUT2D eigenvalue weighted by atomic mass is 10.1. The summed E-state index contributed by atoms with van der Waals surface area (Å²) in [5, 5.41) is 0.824. The van der Waals surface area contributed by atoms with Crippen LogP contribution in [0.2, 0.25) is 5.02 Å². The second-order valence-electron chi connectivity index (χ2n) is 3.02. The van der Waals surface area contributed by atoms with Crippen molar-refractivity contribution < 1.29 is 4.74 Å². The van der Waals surface area contributed by atoms with Gasteiger partial charge in [0.2, 0.25) is 0 Å². The summed E-state index contributed by atoms with van der Waals surface area (Å²) in [6.07, 6.45) is 2.48. The fourth-order valence-electron chi connectivity index (χ4n) is 1.56. The topological polar surface area (TPSA) is 9.23 Å². The van der Waals surface area contributed by atoms with Crippen molar-refractivity contribution in [3.05, 3.63) is 34.9 Å². The van der Waals surface area contributed by atoms with E-state index in [1.54, 1.807) is 0 Å². The zero-order valence-corrected chi connectivity index (χ0v) is 7.55.